The molecule has 0 aliphatic carbocycles. The van der Waals surface area contributed by atoms with E-state index < -0.39 is 0 Å². The molecule has 1 aliphatic rings. The smallest absolute Gasteiger partial charge is 0.191 e. The van der Waals surface area contributed by atoms with Crippen molar-refractivity contribution in [3.63, 3.8) is 0 Å². The van der Waals surface area contributed by atoms with Crippen LogP contribution in [-0.4, -0.2) is 56.7 Å². The number of nitrogens with zero attached hydrogens (tertiary/aromatic N) is 6. The summed E-state index contributed by atoms with van der Waals surface area (Å²) in [5.74, 6) is 2.62. The van der Waals surface area contributed by atoms with Gasteiger partial charge in [-0.2, -0.15) is 10.2 Å². The monoisotopic (exact) mass is 488 g/mol. The molecule has 2 N–H and O–H groups in total. The summed E-state index contributed by atoms with van der Waals surface area (Å²) >= 11 is 0. The van der Waals surface area contributed by atoms with Gasteiger partial charge in [0, 0.05) is 32.3 Å². The van der Waals surface area contributed by atoms with E-state index in [9.17, 15) is 0 Å². The lowest BCUT2D eigenvalue weighted by atomic mass is 10.1. The standard InChI is InChI=1S/C17H28N8O.HI/c1-4-18-17(19-7-8-24-10-13(2)9-20-24)21-14-5-6-16-22-15(12-26-3)23-25(16)11-14;/h9-10,14H,4-8,11-12H2,1-3H3,(H2,18,19,21);1H. The van der Waals surface area contributed by atoms with Crippen LogP contribution in [0.2, 0.25) is 0 Å². The maximum atomic E-state index is 5.12. The number of fused-ring (bicyclic) bond motifs is 1. The van der Waals surface area contributed by atoms with E-state index in [0.29, 0.717) is 13.2 Å². The number of rotatable bonds is 7. The van der Waals surface area contributed by atoms with E-state index >= 15 is 0 Å². The molecule has 0 aromatic carbocycles. The van der Waals surface area contributed by atoms with Crippen molar-refractivity contribution >= 4 is 29.9 Å². The highest BCUT2D eigenvalue weighted by atomic mass is 127. The Kier molecular flexibility index (Phi) is 8.48. The van der Waals surface area contributed by atoms with Crippen molar-refractivity contribution in [3.8, 4) is 0 Å². The Bertz CT molecular complexity index is 741. The number of halogens is 1. The van der Waals surface area contributed by atoms with Crippen LogP contribution in [0.1, 0.15) is 30.6 Å². The number of hydrogen-bond donors (Lipinski definition) is 2. The molecule has 2 aromatic rings. The lowest BCUT2D eigenvalue weighted by Gasteiger charge is -2.25. The highest BCUT2D eigenvalue weighted by Crippen LogP contribution is 2.13. The van der Waals surface area contributed by atoms with E-state index in [1.54, 1.807) is 7.11 Å². The number of aryl methyl sites for hydroxylation is 2. The van der Waals surface area contributed by atoms with Crippen molar-refractivity contribution in [2.24, 2.45) is 4.99 Å². The van der Waals surface area contributed by atoms with Gasteiger partial charge in [-0.1, -0.05) is 0 Å². The van der Waals surface area contributed by atoms with Gasteiger partial charge in [0.15, 0.2) is 11.8 Å². The third-order valence-electron chi connectivity index (χ3n) is 4.22. The lowest BCUT2D eigenvalue weighted by molar-refractivity contribution is 0.177. The summed E-state index contributed by atoms with van der Waals surface area (Å²) in [7, 11) is 1.66. The van der Waals surface area contributed by atoms with Crippen LogP contribution in [0.3, 0.4) is 0 Å². The van der Waals surface area contributed by atoms with Gasteiger partial charge in [-0.3, -0.25) is 9.67 Å². The quantitative estimate of drug-likeness (QED) is 0.345. The van der Waals surface area contributed by atoms with E-state index in [1.165, 1.54) is 0 Å². The second-order valence-electron chi connectivity index (χ2n) is 6.48. The molecule has 0 radical (unpaired) electrons. The van der Waals surface area contributed by atoms with Gasteiger partial charge in [-0.25, -0.2) is 9.67 Å². The van der Waals surface area contributed by atoms with Gasteiger partial charge < -0.3 is 15.4 Å². The summed E-state index contributed by atoms with van der Waals surface area (Å²) in [5.41, 5.74) is 1.16. The molecule has 9 nitrogen and oxygen atoms in total. The lowest BCUT2D eigenvalue weighted by Crippen LogP contribution is -2.47. The number of methoxy groups -OCH3 is 1. The first-order chi connectivity index (χ1) is 12.7. The number of nitrogens with one attached hydrogen (secondary N) is 2. The predicted octanol–water partition coefficient (Wildman–Crippen LogP) is 1.12. The maximum Gasteiger partial charge on any atom is 0.191 e. The molecule has 3 rings (SSSR count). The summed E-state index contributed by atoms with van der Waals surface area (Å²) < 4.78 is 9.02. The minimum atomic E-state index is 0. The Labute approximate surface area is 177 Å². The van der Waals surface area contributed by atoms with Gasteiger partial charge in [0.25, 0.3) is 0 Å². The summed E-state index contributed by atoms with van der Waals surface area (Å²) in [6, 6.07) is 0.282. The Morgan fingerprint density at radius 3 is 3.00 bits per heavy atom. The SMILES string of the molecule is CCNC(=NCCn1cc(C)cn1)NC1CCc2nc(COC)nn2C1.I. The first kappa shape index (κ1) is 21.6. The van der Waals surface area contributed by atoms with Gasteiger partial charge >= 0.3 is 0 Å². The van der Waals surface area contributed by atoms with Crippen LogP contribution < -0.4 is 10.6 Å². The van der Waals surface area contributed by atoms with Gasteiger partial charge in [-0.05, 0) is 25.8 Å². The van der Waals surface area contributed by atoms with E-state index in [1.807, 2.05) is 28.7 Å². The van der Waals surface area contributed by atoms with Crippen molar-refractivity contribution in [1.29, 1.82) is 0 Å². The molecule has 27 heavy (non-hydrogen) atoms. The second-order valence-corrected chi connectivity index (χ2v) is 6.48. The average molecular weight is 488 g/mol. The van der Waals surface area contributed by atoms with Gasteiger partial charge in [0.2, 0.25) is 0 Å². The van der Waals surface area contributed by atoms with Crippen molar-refractivity contribution < 1.29 is 4.74 Å². The van der Waals surface area contributed by atoms with E-state index in [4.69, 9.17) is 4.74 Å². The average Bonchev–Trinajstić information content (AvgIpc) is 3.20. The molecular weight excluding hydrogens is 459 g/mol. The van der Waals surface area contributed by atoms with E-state index in [-0.39, 0.29) is 30.0 Å². The maximum absolute atomic E-state index is 5.12. The zero-order valence-corrected chi connectivity index (χ0v) is 18.5. The predicted molar refractivity (Wildman–Crippen MR) is 114 cm³/mol. The molecule has 0 spiro atoms. The molecule has 0 saturated carbocycles. The molecule has 0 amide bonds. The highest BCUT2D eigenvalue weighted by Gasteiger charge is 2.22. The van der Waals surface area contributed by atoms with Crippen molar-refractivity contribution in [3.05, 3.63) is 29.6 Å². The summed E-state index contributed by atoms with van der Waals surface area (Å²) in [6.45, 7) is 7.62. The van der Waals surface area contributed by atoms with Crippen LogP contribution in [0.4, 0.5) is 0 Å². The van der Waals surface area contributed by atoms with E-state index in [0.717, 1.165) is 55.6 Å². The number of aliphatic imine (C=N–C) groups is 1. The van der Waals surface area contributed by atoms with Crippen LogP contribution in [0, 0.1) is 6.92 Å². The van der Waals surface area contributed by atoms with Crippen LogP contribution in [-0.2, 0) is 30.9 Å². The summed E-state index contributed by atoms with van der Waals surface area (Å²) in [5, 5.41) is 15.6. The minimum Gasteiger partial charge on any atom is -0.377 e. The van der Waals surface area contributed by atoms with Crippen LogP contribution in [0.5, 0.6) is 0 Å². The van der Waals surface area contributed by atoms with Crippen LogP contribution >= 0.6 is 24.0 Å². The molecule has 0 fully saturated rings. The molecule has 2 aromatic heterocycles. The van der Waals surface area contributed by atoms with Crippen molar-refractivity contribution in [1.82, 2.24) is 35.2 Å². The fourth-order valence-electron chi connectivity index (χ4n) is 3.04. The molecule has 0 bridgehead atoms. The number of hydrogen-bond acceptors (Lipinski definition) is 5. The van der Waals surface area contributed by atoms with Crippen molar-refractivity contribution in [2.75, 3.05) is 20.2 Å². The third kappa shape index (κ3) is 6.16. The molecule has 3 heterocycles. The van der Waals surface area contributed by atoms with Crippen molar-refractivity contribution in [2.45, 2.75) is 52.4 Å². The molecule has 1 aliphatic heterocycles. The Balaban J connectivity index is 0.00000261. The molecular formula is C17H29IN8O. The normalized spacial score (nSPS) is 16.6. The first-order valence-electron chi connectivity index (χ1n) is 9.13. The van der Waals surface area contributed by atoms with Crippen LogP contribution in [0.25, 0.3) is 0 Å². The molecule has 0 saturated heterocycles. The fraction of sp³-hybridized carbons (Fsp3) is 0.647. The first-order valence-corrected chi connectivity index (χ1v) is 9.13. The Morgan fingerprint density at radius 2 is 2.30 bits per heavy atom. The van der Waals surface area contributed by atoms with Gasteiger partial charge in [0.1, 0.15) is 12.4 Å². The molecule has 1 atom stereocenters. The van der Waals surface area contributed by atoms with E-state index in [2.05, 4.69) is 37.7 Å². The zero-order chi connectivity index (χ0) is 18.4. The highest BCUT2D eigenvalue weighted by molar-refractivity contribution is 14.0. The zero-order valence-electron chi connectivity index (χ0n) is 16.2. The Hall–Kier alpha value is -1.69. The number of ether oxygens (including phenoxy) is 1. The summed E-state index contributed by atoms with van der Waals surface area (Å²) in [6.07, 6.45) is 5.80. The minimum absolute atomic E-state index is 0. The molecule has 1 unspecified atom stereocenters. The van der Waals surface area contributed by atoms with Gasteiger partial charge in [0.05, 0.1) is 25.8 Å². The van der Waals surface area contributed by atoms with Gasteiger partial charge in [-0.15, -0.1) is 24.0 Å². The largest absolute Gasteiger partial charge is 0.377 e. The summed E-state index contributed by atoms with van der Waals surface area (Å²) in [4.78, 5) is 9.19. The molecule has 150 valence electrons. The number of aromatic nitrogens is 5. The Morgan fingerprint density at radius 1 is 1.44 bits per heavy atom. The number of guanidine groups is 1. The fourth-order valence-corrected chi connectivity index (χ4v) is 3.04. The second kappa shape index (κ2) is 10.6. The van der Waals surface area contributed by atoms with Crippen LogP contribution in [0.15, 0.2) is 17.4 Å². The third-order valence-corrected chi connectivity index (χ3v) is 4.22. The molecule has 10 heteroatoms. The topological polar surface area (TPSA) is 94.2 Å².